The zero-order valence-corrected chi connectivity index (χ0v) is 13.4. The average molecular weight is 401 g/mol. The number of rotatable bonds is 4. The minimum Gasteiger partial charge on any atom is -0.338 e. The fraction of sp³-hybridized carbons (Fsp3) is 0.231. The summed E-state index contributed by atoms with van der Waals surface area (Å²) in [7, 11) is 0. The van der Waals surface area contributed by atoms with Crippen LogP contribution in [0.3, 0.4) is 0 Å². The molecule has 1 N–H and O–H groups in total. The molecule has 1 heterocycles. The van der Waals surface area contributed by atoms with Crippen molar-refractivity contribution in [2.24, 2.45) is 0 Å². The van der Waals surface area contributed by atoms with Gasteiger partial charge >= 0.3 is 0 Å². The van der Waals surface area contributed by atoms with Crippen molar-refractivity contribution in [2.45, 2.75) is 19.8 Å². The lowest BCUT2D eigenvalue weighted by Gasteiger charge is -2.03. The van der Waals surface area contributed by atoms with E-state index in [1.165, 1.54) is 18.2 Å². The first-order valence-corrected chi connectivity index (χ1v) is 7.18. The topological polar surface area (TPSA) is 98.3 Å². The Labute approximate surface area is 134 Å². The van der Waals surface area contributed by atoms with Crippen LogP contribution >= 0.6 is 22.6 Å². The van der Waals surface area contributed by atoms with Gasteiger partial charge in [-0.25, -0.2) is 0 Å². The second kappa shape index (κ2) is 6.20. The fourth-order valence-electron chi connectivity index (χ4n) is 1.60. The van der Waals surface area contributed by atoms with Gasteiger partial charge in [0, 0.05) is 21.8 Å². The van der Waals surface area contributed by atoms with Gasteiger partial charge in [-0.05, 0) is 34.6 Å². The number of halogens is 1. The van der Waals surface area contributed by atoms with Crippen molar-refractivity contribution in [1.29, 1.82) is 0 Å². The zero-order valence-electron chi connectivity index (χ0n) is 11.3. The van der Waals surface area contributed by atoms with Crippen LogP contribution in [0, 0.1) is 13.7 Å². The lowest BCUT2D eigenvalue weighted by atomic mass is 10.1. The third-order valence-corrected chi connectivity index (χ3v) is 3.70. The Morgan fingerprint density at radius 1 is 1.43 bits per heavy atom. The Balaban J connectivity index is 2.23. The van der Waals surface area contributed by atoms with Crippen molar-refractivity contribution in [3.8, 4) is 0 Å². The van der Waals surface area contributed by atoms with E-state index in [-0.39, 0.29) is 23.1 Å². The second-order valence-corrected chi connectivity index (χ2v) is 5.81. The molecule has 1 amide bonds. The van der Waals surface area contributed by atoms with Crippen molar-refractivity contribution >= 4 is 40.1 Å². The van der Waals surface area contributed by atoms with Crippen molar-refractivity contribution < 1.29 is 14.2 Å². The van der Waals surface area contributed by atoms with E-state index in [0.717, 1.165) is 5.69 Å². The number of amides is 1. The summed E-state index contributed by atoms with van der Waals surface area (Å²) in [6.07, 6.45) is 0. The number of hydrogen-bond acceptors (Lipinski definition) is 5. The number of aromatic nitrogens is 1. The van der Waals surface area contributed by atoms with E-state index in [1.807, 2.05) is 36.4 Å². The molecule has 2 aromatic rings. The molecule has 0 radical (unpaired) electrons. The molecule has 0 aliphatic heterocycles. The maximum atomic E-state index is 12.2. The first kappa shape index (κ1) is 15.4. The van der Waals surface area contributed by atoms with Crippen molar-refractivity contribution in [1.82, 2.24) is 5.16 Å². The van der Waals surface area contributed by atoms with Gasteiger partial charge in [-0.15, -0.1) is 0 Å². The molecule has 0 saturated carbocycles. The zero-order chi connectivity index (χ0) is 15.6. The van der Waals surface area contributed by atoms with E-state index in [0.29, 0.717) is 3.57 Å². The molecule has 0 aliphatic carbocycles. The summed E-state index contributed by atoms with van der Waals surface area (Å²) in [4.78, 5) is 22.4. The number of nitrogens with zero attached hydrogens (tertiary/aromatic N) is 2. The highest BCUT2D eigenvalue weighted by Gasteiger charge is 2.17. The number of anilines is 1. The van der Waals surface area contributed by atoms with Gasteiger partial charge in [0.2, 0.25) is 5.88 Å². The molecule has 1 aromatic carbocycles. The Bertz CT molecular complexity index is 696. The number of carbonyl (C=O) groups excluding carboxylic acids is 1. The molecule has 0 aliphatic rings. The Hall–Kier alpha value is -1.97. The molecule has 8 heteroatoms. The van der Waals surface area contributed by atoms with Gasteiger partial charge in [0.1, 0.15) is 0 Å². The molecule has 2 rings (SSSR count). The fourth-order valence-corrected chi connectivity index (χ4v) is 2.18. The van der Waals surface area contributed by atoms with Crippen LogP contribution in [0.5, 0.6) is 0 Å². The molecule has 7 nitrogen and oxygen atoms in total. The van der Waals surface area contributed by atoms with E-state index >= 15 is 0 Å². The van der Waals surface area contributed by atoms with Gasteiger partial charge in [0.15, 0.2) is 0 Å². The maximum Gasteiger partial charge on any atom is 0.270 e. The maximum absolute atomic E-state index is 12.2. The van der Waals surface area contributed by atoms with Crippen LogP contribution in [-0.2, 0) is 0 Å². The van der Waals surface area contributed by atoms with Gasteiger partial charge in [0.05, 0.1) is 16.2 Å². The highest BCUT2D eigenvalue weighted by Crippen LogP contribution is 2.22. The standard InChI is InChI=1S/C13H12IN3O4/c1-7(2)11-6-12(21-16-11)15-13(18)9-5-8(17(19)20)3-4-10(9)14/h3-7H,1-2H3,(H,15,18). The molecule has 0 atom stereocenters. The van der Waals surface area contributed by atoms with Crippen molar-refractivity contribution in [3.05, 3.63) is 49.2 Å². The third-order valence-electron chi connectivity index (χ3n) is 2.76. The van der Waals surface area contributed by atoms with Gasteiger partial charge in [-0.3, -0.25) is 20.2 Å². The van der Waals surface area contributed by atoms with Crippen LogP contribution in [0.25, 0.3) is 0 Å². The minimum absolute atomic E-state index is 0.138. The van der Waals surface area contributed by atoms with E-state index < -0.39 is 10.8 Å². The molecule has 0 spiro atoms. The molecular weight excluding hydrogens is 389 g/mol. The number of nitrogens with one attached hydrogen (secondary N) is 1. The van der Waals surface area contributed by atoms with Crippen LogP contribution < -0.4 is 5.32 Å². The first-order valence-electron chi connectivity index (χ1n) is 6.10. The summed E-state index contributed by atoms with van der Waals surface area (Å²) < 4.78 is 5.63. The molecule has 110 valence electrons. The van der Waals surface area contributed by atoms with Gasteiger partial charge < -0.3 is 4.52 Å². The number of non-ortho nitro benzene ring substituents is 1. The summed E-state index contributed by atoms with van der Waals surface area (Å²) in [5.41, 5.74) is 0.798. The summed E-state index contributed by atoms with van der Waals surface area (Å²) in [6, 6.07) is 5.74. The Morgan fingerprint density at radius 3 is 2.71 bits per heavy atom. The SMILES string of the molecule is CC(C)c1cc(NC(=O)c2cc([N+](=O)[O-])ccc2I)on1. The van der Waals surface area contributed by atoms with Crippen LogP contribution in [-0.4, -0.2) is 16.0 Å². The third kappa shape index (κ3) is 3.57. The predicted molar refractivity (Wildman–Crippen MR) is 84.4 cm³/mol. The molecule has 0 bridgehead atoms. The second-order valence-electron chi connectivity index (χ2n) is 4.65. The highest BCUT2D eigenvalue weighted by molar-refractivity contribution is 14.1. The average Bonchev–Trinajstić information content (AvgIpc) is 2.87. The monoisotopic (exact) mass is 401 g/mol. The van der Waals surface area contributed by atoms with Crippen LogP contribution in [0.4, 0.5) is 11.6 Å². The molecule has 0 saturated heterocycles. The largest absolute Gasteiger partial charge is 0.338 e. The van der Waals surface area contributed by atoms with E-state index in [4.69, 9.17) is 4.52 Å². The van der Waals surface area contributed by atoms with E-state index in [1.54, 1.807) is 6.07 Å². The predicted octanol–water partition coefficient (Wildman–Crippen LogP) is 3.56. The Kier molecular flexibility index (Phi) is 4.56. The molecule has 0 fully saturated rings. The normalized spacial score (nSPS) is 10.7. The summed E-state index contributed by atoms with van der Waals surface area (Å²) in [5.74, 6) is -0.0853. The Morgan fingerprint density at radius 2 is 2.14 bits per heavy atom. The van der Waals surface area contributed by atoms with Gasteiger partial charge in [-0.1, -0.05) is 19.0 Å². The summed E-state index contributed by atoms with van der Waals surface area (Å²) >= 11 is 1.94. The van der Waals surface area contributed by atoms with E-state index in [2.05, 4.69) is 10.5 Å². The van der Waals surface area contributed by atoms with Crippen LogP contribution in [0.15, 0.2) is 28.8 Å². The van der Waals surface area contributed by atoms with E-state index in [9.17, 15) is 14.9 Å². The number of benzene rings is 1. The summed E-state index contributed by atoms with van der Waals surface area (Å²) in [5, 5.41) is 17.1. The number of hydrogen-bond donors (Lipinski definition) is 1. The number of carbonyl (C=O) groups is 1. The minimum atomic E-state index is -0.543. The van der Waals surface area contributed by atoms with Crippen LogP contribution in [0.2, 0.25) is 0 Å². The highest BCUT2D eigenvalue weighted by atomic mass is 127. The summed E-state index contributed by atoms with van der Waals surface area (Å²) in [6.45, 7) is 3.90. The molecule has 1 aromatic heterocycles. The smallest absolute Gasteiger partial charge is 0.270 e. The first-order chi connectivity index (χ1) is 9.88. The lowest BCUT2D eigenvalue weighted by molar-refractivity contribution is -0.384. The lowest BCUT2D eigenvalue weighted by Crippen LogP contribution is -2.13. The molecule has 0 unspecified atom stereocenters. The van der Waals surface area contributed by atoms with Crippen molar-refractivity contribution in [3.63, 3.8) is 0 Å². The van der Waals surface area contributed by atoms with Crippen molar-refractivity contribution in [2.75, 3.05) is 5.32 Å². The molecule has 21 heavy (non-hydrogen) atoms. The number of nitro groups is 1. The van der Waals surface area contributed by atoms with Gasteiger partial charge in [0.25, 0.3) is 11.6 Å². The van der Waals surface area contributed by atoms with Gasteiger partial charge in [-0.2, -0.15) is 0 Å². The van der Waals surface area contributed by atoms with Crippen LogP contribution in [0.1, 0.15) is 35.8 Å². The number of nitro benzene ring substituents is 1. The molecular formula is C13H12IN3O4. The quantitative estimate of drug-likeness (QED) is 0.480.